The Balaban J connectivity index is 1.85. The molecule has 1 atom stereocenters. The van der Waals surface area contributed by atoms with Crippen molar-refractivity contribution >= 4 is 45.7 Å². The van der Waals surface area contributed by atoms with Crippen molar-refractivity contribution in [2.45, 2.75) is 26.1 Å². The molecule has 1 aliphatic rings. The molecule has 1 aromatic heterocycles. The molecule has 3 rings (SSSR count). The Labute approximate surface area is 154 Å². The summed E-state index contributed by atoms with van der Waals surface area (Å²) in [4.78, 5) is 30.0. The fourth-order valence-electron chi connectivity index (χ4n) is 2.66. The number of aromatic nitrogens is 1. The van der Waals surface area contributed by atoms with E-state index in [1.165, 1.54) is 30.0 Å². The standard InChI is InChI=1S/C17H18N4O2S2/c1-9-15(16(18)23)25-11(3)21(9)17-20-14(8-24-17)12-4-6-13(7-5-12)19-10(2)22/h4-8,11H,1-3H3,(H2,18,23)(H,19,22). The summed E-state index contributed by atoms with van der Waals surface area (Å²) in [6.07, 6.45) is 0. The molecule has 0 radical (unpaired) electrons. The molecule has 0 aliphatic carbocycles. The highest BCUT2D eigenvalue weighted by molar-refractivity contribution is 8.05. The van der Waals surface area contributed by atoms with Crippen LogP contribution < -0.4 is 16.0 Å². The van der Waals surface area contributed by atoms with E-state index in [2.05, 4.69) is 5.32 Å². The van der Waals surface area contributed by atoms with Crippen molar-refractivity contribution in [3.05, 3.63) is 40.2 Å². The fraction of sp³-hybridized carbons (Fsp3) is 0.235. The molecule has 1 unspecified atom stereocenters. The first-order valence-corrected chi connectivity index (χ1v) is 9.43. The quantitative estimate of drug-likeness (QED) is 0.856. The van der Waals surface area contributed by atoms with E-state index >= 15 is 0 Å². The maximum atomic E-state index is 11.5. The summed E-state index contributed by atoms with van der Waals surface area (Å²) in [5.74, 6) is -0.501. The molecule has 1 aromatic carbocycles. The lowest BCUT2D eigenvalue weighted by Gasteiger charge is -2.21. The van der Waals surface area contributed by atoms with Crippen LogP contribution in [0.2, 0.25) is 0 Å². The highest BCUT2D eigenvalue weighted by Crippen LogP contribution is 2.42. The van der Waals surface area contributed by atoms with E-state index in [1.807, 2.05) is 48.4 Å². The zero-order chi connectivity index (χ0) is 18.1. The van der Waals surface area contributed by atoms with Gasteiger partial charge in [0.05, 0.1) is 16.0 Å². The van der Waals surface area contributed by atoms with Gasteiger partial charge < -0.3 is 16.0 Å². The van der Waals surface area contributed by atoms with Gasteiger partial charge in [0.15, 0.2) is 5.13 Å². The van der Waals surface area contributed by atoms with Gasteiger partial charge in [-0.25, -0.2) is 4.98 Å². The van der Waals surface area contributed by atoms with Gasteiger partial charge in [0.2, 0.25) is 5.91 Å². The molecule has 8 heteroatoms. The molecular formula is C17H18N4O2S2. The first-order valence-electron chi connectivity index (χ1n) is 7.67. The number of thioether (sulfide) groups is 1. The van der Waals surface area contributed by atoms with Crippen LogP contribution in [0.1, 0.15) is 20.8 Å². The summed E-state index contributed by atoms with van der Waals surface area (Å²) >= 11 is 2.98. The number of nitrogens with one attached hydrogen (secondary N) is 1. The van der Waals surface area contributed by atoms with Crippen LogP contribution in [0.25, 0.3) is 11.3 Å². The van der Waals surface area contributed by atoms with Crippen LogP contribution in [0.4, 0.5) is 10.8 Å². The summed E-state index contributed by atoms with van der Waals surface area (Å²) in [6, 6.07) is 7.54. The minimum atomic E-state index is -0.401. The maximum absolute atomic E-state index is 11.5. The normalized spacial score (nSPS) is 17.1. The van der Waals surface area contributed by atoms with Crippen LogP contribution in [-0.2, 0) is 9.59 Å². The van der Waals surface area contributed by atoms with Gasteiger partial charge in [0.1, 0.15) is 0 Å². The molecule has 3 N–H and O–H groups in total. The number of amides is 2. The second kappa shape index (κ2) is 6.89. The molecule has 130 valence electrons. The molecule has 25 heavy (non-hydrogen) atoms. The second-order valence-electron chi connectivity index (χ2n) is 5.64. The molecule has 0 saturated heterocycles. The first kappa shape index (κ1) is 17.5. The number of rotatable bonds is 4. The number of anilines is 2. The third-order valence-corrected chi connectivity index (χ3v) is 5.89. The van der Waals surface area contributed by atoms with Gasteiger partial charge in [-0.2, -0.15) is 0 Å². The zero-order valence-electron chi connectivity index (χ0n) is 14.1. The van der Waals surface area contributed by atoms with Crippen LogP contribution in [-0.4, -0.2) is 22.2 Å². The van der Waals surface area contributed by atoms with E-state index in [-0.39, 0.29) is 11.3 Å². The van der Waals surface area contributed by atoms with Gasteiger partial charge in [-0.05, 0) is 26.0 Å². The van der Waals surface area contributed by atoms with Crippen LogP contribution >= 0.6 is 23.1 Å². The number of carbonyl (C=O) groups excluding carboxylic acids is 2. The third-order valence-electron chi connectivity index (χ3n) is 3.76. The number of nitrogens with two attached hydrogens (primary N) is 1. The van der Waals surface area contributed by atoms with E-state index in [1.54, 1.807) is 0 Å². The van der Waals surface area contributed by atoms with E-state index in [0.29, 0.717) is 4.91 Å². The number of primary amides is 1. The first-order chi connectivity index (χ1) is 11.9. The van der Waals surface area contributed by atoms with Gasteiger partial charge in [0, 0.05) is 29.3 Å². The number of hydrogen-bond donors (Lipinski definition) is 2. The van der Waals surface area contributed by atoms with Gasteiger partial charge in [-0.3, -0.25) is 9.59 Å². The molecule has 0 fully saturated rings. The Morgan fingerprint density at radius 1 is 1.28 bits per heavy atom. The monoisotopic (exact) mass is 374 g/mol. The topological polar surface area (TPSA) is 88.3 Å². The second-order valence-corrected chi connectivity index (χ2v) is 7.80. The molecule has 1 aliphatic heterocycles. The van der Waals surface area contributed by atoms with Gasteiger partial charge >= 0.3 is 0 Å². The maximum Gasteiger partial charge on any atom is 0.256 e. The Kier molecular flexibility index (Phi) is 4.82. The number of allylic oxidation sites excluding steroid dienone is 1. The molecule has 2 heterocycles. The van der Waals surface area contributed by atoms with E-state index < -0.39 is 5.91 Å². The minimum absolute atomic E-state index is 0.0728. The largest absolute Gasteiger partial charge is 0.365 e. The van der Waals surface area contributed by atoms with Crippen LogP contribution in [0.3, 0.4) is 0 Å². The highest BCUT2D eigenvalue weighted by atomic mass is 32.2. The Bertz CT molecular complexity index is 858. The Morgan fingerprint density at radius 3 is 2.52 bits per heavy atom. The van der Waals surface area contributed by atoms with Crippen molar-refractivity contribution in [1.82, 2.24) is 4.98 Å². The molecule has 2 amide bonds. The third kappa shape index (κ3) is 3.54. The summed E-state index contributed by atoms with van der Waals surface area (Å²) in [5, 5.41) is 5.63. The molecule has 0 spiro atoms. The summed E-state index contributed by atoms with van der Waals surface area (Å²) in [6.45, 7) is 5.39. The smallest absolute Gasteiger partial charge is 0.256 e. The molecule has 0 saturated carbocycles. The van der Waals surface area contributed by atoms with Gasteiger partial charge in [-0.1, -0.05) is 23.9 Å². The molecule has 2 aromatic rings. The lowest BCUT2D eigenvalue weighted by molar-refractivity contribution is -0.114. The van der Waals surface area contributed by atoms with Crippen LogP contribution in [0.15, 0.2) is 40.2 Å². The Hall–Kier alpha value is -2.32. The number of nitrogens with zero attached hydrogens (tertiary/aromatic N) is 2. The van der Waals surface area contributed by atoms with Crippen molar-refractivity contribution in [2.24, 2.45) is 5.73 Å². The number of carbonyl (C=O) groups is 2. The average Bonchev–Trinajstić information content (AvgIpc) is 3.12. The van der Waals surface area contributed by atoms with Crippen molar-refractivity contribution in [1.29, 1.82) is 0 Å². The summed E-state index contributed by atoms with van der Waals surface area (Å²) < 4.78 is 0. The van der Waals surface area contributed by atoms with Crippen LogP contribution in [0, 0.1) is 0 Å². The van der Waals surface area contributed by atoms with E-state index in [9.17, 15) is 9.59 Å². The van der Waals surface area contributed by atoms with E-state index in [0.717, 1.165) is 27.8 Å². The highest BCUT2D eigenvalue weighted by Gasteiger charge is 2.32. The van der Waals surface area contributed by atoms with Gasteiger partial charge in [0.25, 0.3) is 5.91 Å². The van der Waals surface area contributed by atoms with Crippen molar-refractivity contribution in [3.63, 3.8) is 0 Å². The summed E-state index contributed by atoms with van der Waals surface area (Å²) in [5.41, 5.74) is 8.85. The fourth-order valence-corrected chi connectivity index (χ4v) is 4.78. The van der Waals surface area contributed by atoms with Crippen molar-refractivity contribution in [3.8, 4) is 11.3 Å². The zero-order valence-corrected chi connectivity index (χ0v) is 15.7. The number of thiazole rings is 1. The van der Waals surface area contributed by atoms with Crippen LogP contribution in [0.5, 0.6) is 0 Å². The average molecular weight is 374 g/mol. The predicted molar refractivity (Wildman–Crippen MR) is 103 cm³/mol. The number of hydrogen-bond acceptors (Lipinski definition) is 6. The Morgan fingerprint density at radius 2 is 1.96 bits per heavy atom. The van der Waals surface area contributed by atoms with E-state index in [4.69, 9.17) is 10.7 Å². The lowest BCUT2D eigenvalue weighted by Crippen LogP contribution is -2.24. The minimum Gasteiger partial charge on any atom is -0.365 e. The number of benzene rings is 1. The summed E-state index contributed by atoms with van der Waals surface area (Å²) in [7, 11) is 0. The molecule has 6 nitrogen and oxygen atoms in total. The van der Waals surface area contributed by atoms with Crippen molar-refractivity contribution < 1.29 is 9.59 Å². The van der Waals surface area contributed by atoms with Gasteiger partial charge in [-0.15, -0.1) is 11.3 Å². The molecular weight excluding hydrogens is 356 g/mol. The van der Waals surface area contributed by atoms with Crippen molar-refractivity contribution in [2.75, 3.05) is 10.2 Å². The predicted octanol–water partition coefficient (Wildman–Crippen LogP) is 3.38. The lowest BCUT2D eigenvalue weighted by atomic mass is 10.1. The molecule has 0 bridgehead atoms. The SMILES string of the molecule is CC(=O)Nc1ccc(-c2csc(N3C(C)=C(C(N)=O)SC3C)n2)cc1.